The van der Waals surface area contributed by atoms with Crippen molar-refractivity contribution in [2.24, 2.45) is 0 Å². The van der Waals surface area contributed by atoms with E-state index in [-0.39, 0.29) is 18.4 Å². The van der Waals surface area contributed by atoms with E-state index in [1.165, 1.54) is 6.20 Å². The van der Waals surface area contributed by atoms with Crippen molar-refractivity contribution in [3.63, 3.8) is 0 Å². The summed E-state index contributed by atoms with van der Waals surface area (Å²) in [6.45, 7) is 4.37. The molecule has 1 aliphatic rings. The van der Waals surface area contributed by atoms with E-state index in [1.54, 1.807) is 22.7 Å². The van der Waals surface area contributed by atoms with Crippen LogP contribution in [-0.2, 0) is 4.79 Å². The van der Waals surface area contributed by atoms with Crippen molar-refractivity contribution in [1.82, 2.24) is 25.0 Å². The smallest absolute Gasteiger partial charge is 0.255 e. The summed E-state index contributed by atoms with van der Waals surface area (Å²) in [4.78, 5) is 33.4. The Hall–Kier alpha value is -3.39. The Labute approximate surface area is 185 Å². The third-order valence-corrected chi connectivity index (χ3v) is 5.56. The van der Waals surface area contributed by atoms with Crippen LogP contribution in [0.1, 0.15) is 16.1 Å². The molecular formula is C22H23ClN6O2. The molecule has 1 aromatic carbocycles. The Morgan fingerprint density at radius 1 is 1.10 bits per heavy atom. The predicted molar refractivity (Wildman–Crippen MR) is 119 cm³/mol. The van der Waals surface area contributed by atoms with Gasteiger partial charge in [0, 0.05) is 43.1 Å². The summed E-state index contributed by atoms with van der Waals surface area (Å²) >= 11 is 6.07. The number of anilines is 1. The molecule has 0 aliphatic carbocycles. The van der Waals surface area contributed by atoms with Crippen LogP contribution in [0.15, 0.2) is 54.9 Å². The second-order valence-electron chi connectivity index (χ2n) is 7.27. The molecule has 4 rings (SSSR count). The van der Waals surface area contributed by atoms with Gasteiger partial charge in [0.1, 0.15) is 0 Å². The lowest BCUT2D eigenvalue weighted by Crippen LogP contribution is -2.51. The van der Waals surface area contributed by atoms with E-state index < -0.39 is 0 Å². The van der Waals surface area contributed by atoms with Gasteiger partial charge in [-0.15, -0.1) is 0 Å². The highest BCUT2D eigenvalue weighted by molar-refractivity contribution is 6.30. The Kier molecular flexibility index (Phi) is 6.18. The second-order valence-corrected chi connectivity index (χ2v) is 7.71. The molecule has 31 heavy (non-hydrogen) atoms. The summed E-state index contributed by atoms with van der Waals surface area (Å²) in [5.74, 6) is 0.201. The molecule has 0 radical (unpaired) electrons. The third-order valence-electron chi connectivity index (χ3n) is 5.33. The molecule has 8 nitrogen and oxygen atoms in total. The zero-order valence-electron chi connectivity index (χ0n) is 17.2. The first-order chi connectivity index (χ1) is 15.0. The van der Waals surface area contributed by atoms with Gasteiger partial charge in [0.05, 0.1) is 24.0 Å². The van der Waals surface area contributed by atoms with Crippen LogP contribution < -0.4 is 10.2 Å². The lowest BCUT2D eigenvalue weighted by atomic mass is 10.2. The van der Waals surface area contributed by atoms with Gasteiger partial charge in [-0.25, -0.2) is 9.67 Å². The van der Waals surface area contributed by atoms with Gasteiger partial charge < -0.3 is 15.1 Å². The quantitative estimate of drug-likeness (QED) is 0.661. The molecule has 0 bridgehead atoms. The summed E-state index contributed by atoms with van der Waals surface area (Å²) in [5, 5.41) is 7.66. The summed E-state index contributed by atoms with van der Waals surface area (Å²) in [6, 6.07) is 13.2. The average molecular weight is 439 g/mol. The highest BCUT2D eigenvalue weighted by Gasteiger charge is 2.23. The number of halogens is 1. The molecule has 2 aromatic heterocycles. The van der Waals surface area contributed by atoms with Gasteiger partial charge in [-0.1, -0.05) is 23.7 Å². The zero-order chi connectivity index (χ0) is 21.8. The molecule has 0 saturated carbocycles. The fourth-order valence-electron chi connectivity index (χ4n) is 3.59. The molecule has 1 saturated heterocycles. The van der Waals surface area contributed by atoms with Crippen LogP contribution in [0.4, 0.5) is 5.69 Å². The van der Waals surface area contributed by atoms with Crippen LogP contribution >= 0.6 is 11.6 Å². The van der Waals surface area contributed by atoms with Crippen LogP contribution in [0.2, 0.25) is 5.02 Å². The van der Waals surface area contributed by atoms with Crippen LogP contribution in [0.3, 0.4) is 0 Å². The minimum absolute atomic E-state index is 0.0514. The molecule has 9 heteroatoms. The van der Waals surface area contributed by atoms with Crippen molar-refractivity contribution in [1.29, 1.82) is 0 Å². The van der Waals surface area contributed by atoms with Crippen molar-refractivity contribution in [2.75, 3.05) is 37.6 Å². The number of benzene rings is 1. The minimum atomic E-state index is -0.328. The lowest BCUT2D eigenvalue weighted by Gasteiger charge is -2.36. The SMILES string of the molecule is Cc1c(C(=O)NCC(=O)N2CCN(c3cccc(Cl)c3)CC2)cnn1-c1ccccn1. The number of pyridine rings is 1. The Balaban J connectivity index is 1.30. The highest BCUT2D eigenvalue weighted by Crippen LogP contribution is 2.20. The molecule has 0 atom stereocenters. The zero-order valence-corrected chi connectivity index (χ0v) is 17.9. The largest absolute Gasteiger partial charge is 0.368 e. The Morgan fingerprint density at radius 3 is 2.61 bits per heavy atom. The topological polar surface area (TPSA) is 83.4 Å². The van der Waals surface area contributed by atoms with Crippen molar-refractivity contribution < 1.29 is 9.59 Å². The number of hydrogen-bond acceptors (Lipinski definition) is 5. The standard InChI is InChI=1S/C22H23ClN6O2/c1-16-19(14-26-29(16)20-7-2-3-8-24-20)22(31)25-15-21(30)28-11-9-27(10-12-28)18-6-4-5-17(23)13-18/h2-8,13-14H,9-12,15H2,1H3,(H,25,31). The number of hydrogen-bond donors (Lipinski definition) is 1. The van der Waals surface area contributed by atoms with Crippen LogP contribution in [0, 0.1) is 6.92 Å². The molecule has 3 aromatic rings. The first kappa shape index (κ1) is 20.9. The monoisotopic (exact) mass is 438 g/mol. The van der Waals surface area contributed by atoms with Crippen molar-refractivity contribution in [3.8, 4) is 5.82 Å². The van der Waals surface area contributed by atoms with Gasteiger partial charge in [0.15, 0.2) is 5.82 Å². The number of aromatic nitrogens is 3. The van der Waals surface area contributed by atoms with Gasteiger partial charge in [-0.2, -0.15) is 5.10 Å². The third kappa shape index (κ3) is 4.69. The maximum atomic E-state index is 12.6. The van der Waals surface area contributed by atoms with Crippen LogP contribution in [0.5, 0.6) is 0 Å². The number of rotatable bonds is 5. The lowest BCUT2D eigenvalue weighted by molar-refractivity contribution is -0.130. The van der Waals surface area contributed by atoms with Gasteiger partial charge in [-0.05, 0) is 37.3 Å². The fraction of sp³-hybridized carbons (Fsp3) is 0.273. The van der Waals surface area contributed by atoms with E-state index in [4.69, 9.17) is 11.6 Å². The summed E-state index contributed by atoms with van der Waals surface area (Å²) in [6.07, 6.45) is 3.16. The normalized spacial score (nSPS) is 13.9. The van der Waals surface area contributed by atoms with Crippen molar-refractivity contribution >= 4 is 29.1 Å². The van der Waals surface area contributed by atoms with E-state index in [0.717, 1.165) is 18.8 Å². The summed E-state index contributed by atoms with van der Waals surface area (Å²) in [5.41, 5.74) is 2.14. The van der Waals surface area contributed by atoms with E-state index in [1.807, 2.05) is 42.5 Å². The van der Waals surface area contributed by atoms with Crippen LogP contribution in [0.25, 0.3) is 5.82 Å². The van der Waals surface area contributed by atoms with Gasteiger partial charge in [0.2, 0.25) is 5.91 Å². The fourth-order valence-corrected chi connectivity index (χ4v) is 3.78. The Bertz CT molecular complexity index is 1080. The van der Waals surface area contributed by atoms with Crippen molar-refractivity contribution in [3.05, 3.63) is 71.1 Å². The van der Waals surface area contributed by atoms with Gasteiger partial charge in [-0.3, -0.25) is 9.59 Å². The number of piperazine rings is 1. The van der Waals surface area contributed by atoms with E-state index in [2.05, 4.69) is 20.3 Å². The molecule has 2 amide bonds. The van der Waals surface area contributed by atoms with E-state index in [0.29, 0.717) is 35.2 Å². The van der Waals surface area contributed by atoms with Crippen molar-refractivity contribution in [2.45, 2.75) is 6.92 Å². The van der Waals surface area contributed by atoms with Gasteiger partial charge in [0.25, 0.3) is 5.91 Å². The molecule has 1 fully saturated rings. The highest BCUT2D eigenvalue weighted by atomic mass is 35.5. The number of carbonyl (C=O) groups excluding carboxylic acids is 2. The van der Waals surface area contributed by atoms with E-state index in [9.17, 15) is 9.59 Å². The predicted octanol–water partition coefficient (Wildman–Crippen LogP) is 2.31. The van der Waals surface area contributed by atoms with Gasteiger partial charge >= 0.3 is 0 Å². The summed E-state index contributed by atoms with van der Waals surface area (Å²) in [7, 11) is 0. The number of carbonyl (C=O) groups is 2. The first-order valence-electron chi connectivity index (χ1n) is 10.1. The molecule has 1 aliphatic heterocycles. The molecule has 3 heterocycles. The number of nitrogens with zero attached hydrogens (tertiary/aromatic N) is 5. The van der Waals surface area contributed by atoms with E-state index >= 15 is 0 Å². The Morgan fingerprint density at radius 2 is 1.90 bits per heavy atom. The maximum Gasteiger partial charge on any atom is 0.255 e. The second kappa shape index (κ2) is 9.18. The minimum Gasteiger partial charge on any atom is -0.368 e. The number of amides is 2. The first-order valence-corrected chi connectivity index (χ1v) is 10.4. The molecular weight excluding hydrogens is 416 g/mol. The van der Waals surface area contributed by atoms with Crippen LogP contribution in [-0.4, -0.2) is 64.2 Å². The number of nitrogens with one attached hydrogen (secondary N) is 1. The molecule has 0 unspecified atom stereocenters. The molecule has 1 N–H and O–H groups in total. The molecule has 0 spiro atoms. The maximum absolute atomic E-state index is 12.6. The summed E-state index contributed by atoms with van der Waals surface area (Å²) < 4.78 is 1.60. The average Bonchev–Trinajstić information content (AvgIpc) is 3.19. The molecule has 160 valence electrons.